The van der Waals surface area contributed by atoms with Crippen LogP contribution in [0.4, 0.5) is 11.9 Å². The fraction of sp³-hybridized carbons (Fsp3) is 0.786. The van der Waals surface area contributed by atoms with Crippen molar-refractivity contribution >= 4 is 11.9 Å². The Morgan fingerprint density at radius 1 is 1.10 bits per heavy atom. The summed E-state index contributed by atoms with van der Waals surface area (Å²) in [6, 6.07) is 0.295. The number of aromatic nitrogens is 3. The Balaban J connectivity index is 2.68. The molecule has 1 aromatic heterocycles. The van der Waals surface area contributed by atoms with Crippen molar-refractivity contribution in [1.29, 1.82) is 0 Å². The van der Waals surface area contributed by atoms with E-state index in [1.54, 1.807) is 0 Å². The Hall–Kier alpha value is -1.63. The van der Waals surface area contributed by atoms with Gasteiger partial charge in [-0.25, -0.2) is 0 Å². The summed E-state index contributed by atoms with van der Waals surface area (Å²) in [6.45, 7) is 9.82. The van der Waals surface area contributed by atoms with Gasteiger partial charge in [-0.1, -0.05) is 20.8 Å². The van der Waals surface area contributed by atoms with Crippen molar-refractivity contribution in [3.8, 4) is 6.01 Å². The lowest BCUT2D eigenvalue weighted by atomic mass is 10.1. The molecule has 1 heterocycles. The van der Waals surface area contributed by atoms with E-state index in [0.717, 1.165) is 12.8 Å². The molecule has 0 saturated carbocycles. The number of ether oxygens (including phenoxy) is 1. The first-order chi connectivity index (χ1) is 10.0. The molecule has 0 aromatic carbocycles. The minimum atomic E-state index is -0.427. The molecule has 7 nitrogen and oxygen atoms in total. The molecule has 7 heteroatoms. The Morgan fingerprint density at radius 3 is 2.33 bits per heavy atom. The molecule has 1 atom stereocenters. The van der Waals surface area contributed by atoms with E-state index in [4.69, 9.17) is 4.74 Å². The first-order valence-electron chi connectivity index (χ1n) is 7.59. The van der Waals surface area contributed by atoms with Crippen LogP contribution in [0.15, 0.2) is 0 Å². The lowest BCUT2D eigenvalue weighted by Gasteiger charge is -2.14. The van der Waals surface area contributed by atoms with Crippen LogP contribution in [0.25, 0.3) is 0 Å². The molecule has 0 aliphatic heterocycles. The maximum atomic E-state index is 9.88. The maximum absolute atomic E-state index is 9.88. The fourth-order valence-corrected chi connectivity index (χ4v) is 1.77. The van der Waals surface area contributed by atoms with Gasteiger partial charge >= 0.3 is 6.01 Å². The number of rotatable bonds is 10. The van der Waals surface area contributed by atoms with Crippen LogP contribution in [0.5, 0.6) is 6.01 Å². The molecule has 1 aromatic rings. The minimum absolute atomic E-state index is 0.295. The van der Waals surface area contributed by atoms with E-state index in [1.807, 2.05) is 13.8 Å². The summed E-state index contributed by atoms with van der Waals surface area (Å²) < 4.78 is 5.45. The van der Waals surface area contributed by atoms with Crippen molar-refractivity contribution in [3.63, 3.8) is 0 Å². The van der Waals surface area contributed by atoms with Crippen molar-refractivity contribution in [2.45, 2.75) is 46.6 Å². The van der Waals surface area contributed by atoms with Crippen molar-refractivity contribution < 1.29 is 9.84 Å². The third-order valence-corrected chi connectivity index (χ3v) is 2.62. The molecule has 1 rings (SSSR count). The highest BCUT2D eigenvalue weighted by Gasteiger charge is 2.10. The molecular formula is C14H27N5O2. The number of nitrogens with one attached hydrogen (secondary N) is 2. The second-order valence-corrected chi connectivity index (χ2v) is 5.31. The van der Waals surface area contributed by atoms with Gasteiger partial charge in [0.2, 0.25) is 11.9 Å². The quantitative estimate of drug-likeness (QED) is 0.607. The maximum Gasteiger partial charge on any atom is 0.323 e. The smallest absolute Gasteiger partial charge is 0.323 e. The van der Waals surface area contributed by atoms with E-state index in [-0.39, 0.29) is 0 Å². The highest BCUT2D eigenvalue weighted by molar-refractivity contribution is 5.35. The minimum Gasteiger partial charge on any atom is -0.463 e. The van der Waals surface area contributed by atoms with Gasteiger partial charge < -0.3 is 20.5 Å². The molecule has 0 amide bonds. The van der Waals surface area contributed by atoms with Gasteiger partial charge in [-0.15, -0.1) is 0 Å². The van der Waals surface area contributed by atoms with E-state index in [9.17, 15) is 5.11 Å². The average molecular weight is 297 g/mol. The van der Waals surface area contributed by atoms with Crippen LogP contribution in [0.1, 0.15) is 40.5 Å². The largest absolute Gasteiger partial charge is 0.463 e. The second kappa shape index (κ2) is 9.33. The summed E-state index contributed by atoms with van der Waals surface area (Å²) >= 11 is 0. The van der Waals surface area contributed by atoms with Gasteiger partial charge in [-0.3, -0.25) is 0 Å². The zero-order valence-corrected chi connectivity index (χ0v) is 13.4. The summed E-state index contributed by atoms with van der Waals surface area (Å²) in [6.07, 6.45) is 1.19. The number of anilines is 2. The first kappa shape index (κ1) is 17.4. The molecule has 21 heavy (non-hydrogen) atoms. The van der Waals surface area contributed by atoms with Gasteiger partial charge in [0.25, 0.3) is 0 Å². The predicted octanol–water partition coefficient (Wildman–Crippen LogP) is 1.91. The van der Waals surface area contributed by atoms with Gasteiger partial charge in [-0.05, 0) is 25.7 Å². The number of hydrogen-bond donors (Lipinski definition) is 3. The molecular weight excluding hydrogens is 270 g/mol. The Kier molecular flexibility index (Phi) is 7.74. The third kappa shape index (κ3) is 7.08. The molecule has 0 radical (unpaired) electrons. The average Bonchev–Trinajstić information content (AvgIpc) is 2.42. The van der Waals surface area contributed by atoms with Crippen molar-refractivity contribution in [1.82, 2.24) is 15.0 Å². The van der Waals surface area contributed by atoms with Crippen LogP contribution in [-0.2, 0) is 0 Å². The molecule has 0 fully saturated rings. The summed E-state index contributed by atoms with van der Waals surface area (Å²) in [5, 5.41) is 16.0. The van der Waals surface area contributed by atoms with Gasteiger partial charge in [0, 0.05) is 13.1 Å². The molecule has 0 bridgehead atoms. The standard InChI is InChI=1S/C14H27N5O2/c1-5-7-21-14-18-12(15-6-2)17-13(19-14)16-9-11(20)8-10(3)4/h10-11,20H,5-9H2,1-4H3,(H2,15,16,17,18,19). The first-order valence-corrected chi connectivity index (χ1v) is 7.59. The number of hydrogen-bond acceptors (Lipinski definition) is 7. The zero-order valence-electron chi connectivity index (χ0n) is 13.4. The normalized spacial score (nSPS) is 12.3. The fourth-order valence-electron chi connectivity index (χ4n) is 1.77. The highest BCUT2D eigenvalue weighted by atomic mass is 16.5. The highest BCUT2D eigenvalue weighted by Crippen LogP contribution is 2.12. The molecule has 0 spiro atoms. The van der Waals surface area contributed by atoms with E-state index >= 15 is 0 Å². The zero-order chi connectivity index (χ0) is 15.7. The van der Waals surface area contributed by atoms with Gasteiger partial charge in [0.1, 0.15) is 0 Å². The summed E-state index contributed by atoms with van der Waals surface area (Å²) in [7, 11) is 0. The van der Waals surface area contributed by atoms with E-state index < -0.39 is 6.10 Å². The summed E-state index contributed by atoms with van der Waals surface area (Å²) in [5.74, 6) is 1.33. The molecule has 3 N–H and O–H groups in total. The van der Waals surface area contributed by atoms with Crippen LogP contribution in [-0.4, -0.2) is 45.9 Å². The molecule has 1 unspecified atom stereocenters. The van der Waals surface area contributed by atoms with Crippen molar-refractivity contribution in [3.05, 3.63) is 0 Å². The van der Waals surface area contributed by atoms with E-state index in [2.05, 4.69) is 39.4 Å². The number of aliphatic hydroxyl groups excluding tert-OH is 1. The van der Waals surface area contributed by atoms with Crippen LogP contribution in [0.3, 0.4) is 0 Å². The van der Waals surface area contributed by atoms with Gasteiger partial charge in [-0.2, -0.15) is 15.0 Å². The number of aliphatic hydroxyl groups is 1. The second-order valence-electron chi connectivity index (χ2n) is 5.31. The molecule has 0 aliphatic carbocycles. The third-order valence-electron chi connectivity index (χ3n) is 2.62. The number of nitrogens with zero attached hydrogens (tertiary/aromatic N) is 3. The van der Waals surface area contributed by atoms with Gasteiger partial charge in [0.15, 0.2) is 0 Å². The van der Waals surface area contributed by atoms with Crippen LogP contribution < -0.4 is 15.4 Å². The topological polar surface area (TPSA) is 92.2 Å². The Bertz CT molecular complexity index is 414. The molecule has 0 aliphatic rings. The predicted molar refractivity (Wildman–Crippen MR) is 83.7 cm³/mol. The van der Waals surface area contributed by atoms with Crippen LogP contribution in [0.2, 0.25) is 0 Å². The monoisotopic (exact) mass is 297 g/mol. The molecule has 120 valence electrons. The van der Waals surface area contributed by atoms with Crippen LogP contribution >= 0.6 is 0 Å². The Morgan fingerprint density at radius 2 is 1.76 bits per heavy atom. The van der Waals surface area contributed by atoms with E-state index in [0.29, 0.717) is 43.5 Å². The van der Waals surface area contributed by atoms with E-state index in [1.165, 1.54) is 0 Å². The molecule has 0 saturated heterocycles. The lowest BCUT2D eigenvalue weighted by molar-refractivity contribution is 0.161. The van der Waals surface area contributed by atoms with Crippen molar-refractivity contribution in [2.75, 3.05) is 30.3 Å². The Labute approximate surface area is 126 Å². The van der Waals surface area contributed by atoms with Crippen LogP contribution in [0, 0.1) is 5.92 Å². The van der Waals surface area contributed by atoms with Crippen molar-refractivity contribution in [2.24, 2.45) is 5.92 Å². The lowest BCUT2D eigenvalue weighted by Crippen LogP contribution is -2.22. The van der Waals surface area contributed by atoms with Gasteiger partial charge in [0.05, 0.1) is 12.7 Å². The SMILES string of the molecule is CCCOc1nc(NCC)nc(NCC(O)CC(C)C)n1. The summed E-state index contributed by atoms with van der Waals surface area (Å²) in [5.41, 5.74) is 0. The summed E-state index contributed by atoms with van der Waals surface area (Å²) in [4.78, 5) is 12.6.